The summed E-state index contributed by atoms with van der Waals surface area (Å²) in [5.41, 5.74) is 8.89. The van der Waals surface area contributed by atoms with Crippen LogP contribution in [0.3, 0.4) is 0 Å². The van der Waals surface area contributed by atoms with Gasteiger partial charge in [0.15, 0.2) is 0 Å². The maximum atomic E-state index is 6.13. The molecule has 1 atom stereocenters. The molecule has 0 aliphatic heterocycles. The predicted molar refractivity (Wildman–Crippen MR) is 73.3 cm³/mol. The fourth-order valence-electron chi connectivity index (χ4n) is 1.91. The molecule has 90 valence electrons. The smallest absolute Gasteiger partial charge is 0.0940 e. The summed E-state index contributed by atoms with van der Waals surface area (Å²) in [5.74, 6) is 0. The van der Waals surface area contributed by atoms with Gasteiger partial charge in [-0.1, -0.05) is 24.3 Å². The summed E-state index contributed by atoms with van der Waals surface area (Å²) in [6, 6.07) is 8.72. The monoisotopic (exact) mass is 246 g/mol. The lowest BCUT2D eigenvalue weighted by Gasteiger charge is -2.11. The fraction of sp³-hybridized carbons (Fsp3) is 0.357. The number of hydrogen-bond donors (Lipinski definition) is 1. The summed E-state index contributed by atoms with van der Waals surface area (Å²) >= 11 is 1.68. The van der Waals surface area contributed by atoms with Crippen molar-refractivity contribution in [2.75, 3.05) is 0 Å². The number of thiazole rings is 1. The molecular weight excluding hydrogens is 228 g/mol. The van der Waals surface area contributed by atoms with E-state index in [-0.39, 0.29) is 6.04 Å². The van der Waals surface area contributed by atoms with E-state index < -0.39 is 0 Å². The molecule has 0 amide bonds. The van der Waals surface area contributed by atoms with E-state index in [0.29, 0.717) is 0 Å². The molecule has 0 fully saturated rings. The van der Waals surface area contributed by atoms with Gasteiger partial charge in [0.05, 0.1) is 5.01 Å². The SMILES string of the molecule is Cc1ccccc1CCC(N)Cc1nccs1. The highest BCUT2D eigenvalue weighted by Crippen LogP contribution is 2.13. The molecule has 2 aromatic rings. The van der Waals surface area contributed by atoms with Crippen LogP contribution in [-0.4, -0.2) is 11.0 Å². The minimum Gasteiger partial charge on any atom is -0.327 e. The summed E-state index contributed by atoms with van der Waals surface area (Å²) in [6.07, 6.45) is 4.81. The summed E-state index contributed by atoms with van der Waals surface area (Å²) in [4.78, 5) is 4.27. The van der Waals surface area contributed by atoms with Crippen molar-refractivity contribution in [3.05, 3.63) is 52.0 Å². The quantitative estimate of drug-likeness (QED) is 0.881. The molecule has 0 saturated heterocycles. The zero-order valence-corrected chi connectivity index (χ0v) is 10.9. The van der Waals surface area contributed by atoms with Gasteiger partial charge in [-0.2, -0.15) is 0 Å². The van der Waals surface area contributed by atoms with Gasteiger partial charge in [0, 0.05) is 24.0 Å². The summed E-state index contributed by atoms with van der Waals surface area (Å²) in [7, 11) is 0. The van der Waals surface area contributed by atoms with Gasteiger partial charge in [0.1, 0.15) is 0 Å². The minimum absolute atomic E-state index is 0.209. The van der Waals surface area contributed by atoms with Crippen molar-refractivity contribution in [3.63, 3.8) is 0 Å². The van der Waals surface area contributed by atoms with E-state index in [4.69, 9.17) is 5.73 Å². The Morgan fingerprint density at radius 2 is 2.18 bits per heavy atom. The van der Waals surface area contributed by atoms with Crippen LogP contribution in [-0.2, 0) is 12.8 Å². The number of aromatic nitrogens is 1. The Morgan fingerprint density at radius 3 is 2.88 bits per heavy atom. The Balaban J connectivity index is 1.84. The zero-order valence-electron chi connectivity index (χ0n) is 10.1. The van der Waals surface area contributed by atoms with Crippen molar-refractivity contribution in [1.82, 2.24) is 4.98 Å². The first-order valence-electron chi connectivity index (χ1n) is 5.94. The highest BCUT2D eigenvalue weighted by Gasteiger charge is 2.07. The molecule has 3 heteroatoms. The summed E-state index contributed by atoms with van der Waals surface area (Å²) in [5, 5.41) is 3.14. The topological polar surface area (TPSA) is 38.9 Å². The molecule has 1 aromatic heterocycles. The number of nitrogens with zero attached hydrogens (tertiary/aromatic N) is 1. The van der Waals surface area contributed by atoms with Crippen LogP contribution < -0.4 is 5.73 Å². The lowest BCUT2D eigenvalue weighted by molar-refractivity contribution is 0.608. The number of hydrogen-bond acceptors (Lipinski definition) is 3. The molecule has 0 aliphatic carbocycles. The second-order valence-electron chi connectivity index (χ2n) is 4.36. The Kier molecular flexibility index (Phi) is 4.29. The van der Waals surface area contributed by atoms with Crippen LogP contribution in [0.15, 0.2) is 35.8 Å². The Labute approximate surface area is 107 Å². The molecule has 0 radical (unpaired) electrons. The number of benzene rings is 1. The lowest BCUT2D eigenvalue weighted by Crippen LogP contribution is -2.23. The minimum atomic E-state index is 0.209. The van der Waals surface area contributed by atoms with Crippen LogP contribution in [0.5, 0.6) is 0 Å². The zero-order chi connectivity index (χ0) is 12.1. The average molecular weight is 246 g/mol. The molecule has 17 heavy (non-hydrogen) atoms. The van der Waals surface area contributed by atoms with Crippen molar-refractivity contribution in [1.29, 1.82) is 0 Å². The van der Waals surface area contributed by atoms with Gasteiger partial charge in [-0.3, -0.25) is 0 Å². The molecule has 1 heterocycles. The number of aryl methyl sites for hydroxylation is 2. The van der Waals surface area contributed by atoms with Crippen LogP contribution in [0.25, 0.3) is 0 Å². The van der Waals surface area contributed by atoms with Crippen molar-refractivity contribution in [2.45, 2.75) is 32.2 Å². The van der Waals surface area contributed by atoms with Crippen LogP contribution in [0.2, 0.25) is 0 Å². The van der Waals surface area contributed by atoms with Gasteiger partial charge in [0.25, 0.3) is 0 Å². The van der Waals surface area contributed by atoms with Gasteiger partial charge in [-0.25, -0.2) is 4.98 Å². The van der Waals surface area contributed by atoms with Gasteiger partial charge in [-0.15, -0.1) is 11.3 Å². The highest BCUT2D eigenvalue weighted by molar-refractivity contribution is 7.09. The van der Waals surface area contributed by atoms with E-state index in [1.165, 1.54) is 11.1 Å². The first kappa shape index (κ1) is 12.3. The van der Waals surface area contributed by atoms with Crippen molar-refractivity contribution >= 4 is 11.3 Å². The normalized spacial score (nSPS) is 12.6. The molecule has 0 saturated carbocycles. The van der Waals surface area contributed by atoms with E-state index in [9.17, 15) is 0 Å². The third-order valence-corrected chi connectivity index (χ3v) is 3.77. The van der Waals surface area contributed by atoms with Gasteiger partial charge in [0.2, 0.25) is 0 Å². The molecule has 1 unspecified atom stereocenters. The molecule has 1 aromatic carbocycles. The second-order valence-corrected chi connectivity index (χ2v) is 5.33. The maximum Gasteiger partial charge on any atom is 0.0940 e. The Morgan fingerprint density at radius 1 is 1.35 bits per heavy atom. The van der Waals surface area contributed by atoms with Crippen molar-refractivity contribution in [2.24, 2.45) is 5.73 Å². The van der Waals surface area contributed by atoms with Crippen LogP contribution in [0, 0.1) is 6.92 Å². The van der Waals surface area contributed by atoms with Gasteiger partial charge < -0.3 is 5.73 Å². The summed E-state index contributed by atoms with van der Waals surface area (Å²) in [6.45, 7) is 2.15. The number of rotatable bonds is 5. The summed E-state index contributed by atoms with van der Waals surface area (Å²) < 4.78 is 0. The second kappa shape index (κ2) is 5.94. The molecule has 0 spiro atoms. The Hall–Kier alpha value is -1.19. The third kappa shape index (κ3) is 3.65. The first-order chi connectivity index (χ1) is 8.25. The van der Waals surface area contributed by atoms with E-state index in [1.807, 2.05) is 11.6 Å². The van der Waals surface area contributed by atoms with Crippen LogP contribution in [0.4, 0.5) is 0 Å². The van der Waals surface area contributed by atoms with Crippen LogP contribution in [0.1, 0.15) is 22.6 Å². The molecule has 2 N–H and O–H groups in total. The molecule has 2 nitrogen and oxygen atoms in total. The number of nitrogens with two attached hydrogens (primary N) is 1. The lowest BCUT2D eigenvalue weighted by atomic mass is 10.0. The third-order valence-electron chi connectivity index (χ3n) is 2.97. The first-order valence-corrected chi connectivity index (χ1v) is 6.82. The van der Waals surface area contributed by atoms with Crippen molar-refractivity contribution < 1.29 is 0 Å². The van der Waals surface area contributed by atoms with Crippen molar-refractivity contribution in [3.8, 4) is 0 Å². The van der Waals surface area contributed by atoms with Crippen LogP contribution >= 0.6 is 11.3 Å². The molecule has 0 aliphatic rings. The van der Waals surface area contributed by atoms with E-state index >= 15 is 0 Å². The molecule has 2 rings (SSSR count). The fourth-order valence-corrected chi connectivity index (χ4v) is 2.62. The maximum absolute atomic E-state index is 6.13. The standard InChI is InChI=1S/C14H18N2S/c1-11-4-2-3-5-12(11)6-7-13(15)10-14-16-8-9-17-14/h2-5,8-9,13H,6-7,10,15H2,1H3. The molecular formula is C14H18N2S. The van der Waals surface area contributed by atoms with E-state index in [1.54, 1.807) is 11.3 Å². The largest absolute Gasteiger partial charge is 0.327 e. The predicted octanol–water partition coefficient (Wildman–Crippen LogP) is 2.95. The van der Waals surface area contributed by atoms with Gasteiger partial charge in [-0.05, 0) is 30.9 Å². The van der Waals surface area contributed by atoms with Gasteiger partial charge >= 0.3 is 0 Å². The highest BCUT2D eigenvalue weighted by atomic mass is 32.1. The van der Waals surface area contributed by atoms with E-state index in [2.05, 4.69) is 36.2 Å². The van der Waals surface area contributed by atoms with E-state index in [0.717, 1.165) is 24.3 Å². The molecule has 0 bridgehead atoms. The Bertz CT molecular complexity index is 451. The average Bonchev–Trinajstić information content (AvgIpc) is 2.81.